The van der Waals surface area contributed by atoms with E-state index >= 15 is 0 Å². The van der Waals surface area contributed by atoms with Crippen molar-refractivity contribution in [1.82, 2.24) is 0 Å². The molecule has 2 aliphatic heterocycles. The summed E-state index contributed by atoms with van der Waals surface area (Å²) < 4.78 is 13.4. The van der Waals surface area contributed by atoms with Crippen molar-refractivity contribution < 1.29 is 19.1 Å². The Morgan fingerprint density at radius 1 is 0.649 bits per heavy atom. The van der Waals surface area contributed by atoms with E-state index in [1.807, 2.05) is 26.3 Å². The van der Waals surface area contributed by atoms with Crippen LogP contribution in [0.5, 0.6) is 0 Å². The van der Waals surface area contributed by atoms with E-state index in [1.165, 1.54) is 114 Å². The molecule has 10 aliphatic rings. The maximum absolute atomic E-state index is 14.9. The molecule has 6 saturated carbocycles. The minimum Gasteiger partial charge on any atom is -0.461 e. The van der Waals surface area contributed by atoms with Gasteiger partial charge in [0.05, 0.1) is 11.6 Å². The topological polar surface area (TPSA) is 77.3 Å². The van der Waals surface area contributed by atoms with Gasteiger partial charge in [0.2, 0.25) is 0 Å². The minimum atomic E-state index is -0.742. The maximum Gasteiger partial charge on any atom is 0.336 e. The van der Waals surface area contributed by atoms with Gasteiger partial charge in [0.1, 0.15) is 18.1 Å². The summed E-state index contributed by atoms with van der Waals surface area (Å²) in [5, 5.41) is 0. The molecular weight excluding hydrogens is 909 g/mol. The molecule has 0 N–H and O–H groups in total. The van der Waals surface area contributed by atoms with Gasteiger partial charge >= 0.3 is 11.9 Å². The number of ether oxygens (including phenoxy) is 2. The van der Waals surface area contributed by atoms with Gasteiger partial charge in [-0.25, -0.2) is 4.79 Å². The first-order valence-electron chi connectivity index (χ1n) is 31.6. The summed E-state index contributed by atoms with van der Waals surface area (Å²) in [4.78, 5) is 39.5. The first kappa shape index (κ1) is 54.6. The fraction of sp³-hybridized carbons (Fsp3) is 0.824. The average Bonchev–Trinajstić information content (AvgIpc) is 3.91. The Hall–Kier alpha value is -2.76. The van der Waals surface area contributed by atoms with Crippen molar-refractivity contribution in [3.8, 4) is 0 Å². The largest absolute Gasteiger partial charge is 0.461 e. The molecule has 18 atom stereocenters. The summed E-state index contributed by atoms with van der Waals surface area (Å²) in [5.41, 5.74) is 7.32. The number of dihydropyridines is 1. The normalized spacial score (nSPS) is 42.4. The maximum atomic E-state index is 14.9. The van der Waals surface area contributed by atoms with E-state index in [4.69, 9.17) is 14.5 Å². The van der Waals surface area contributed by atoms with Crippen LogP contribution < -0.4 is 0 Å². The summed E-state index contributed by atoms with van der Waals surface area (Å²) in [5.74, 6) is 8.27. The predicted octanol–water partition coefficient (Wildman–Crippen LogP) is 17.4. The summed E-state index contributed by atoms with van der Waals surface area (Å²) in [6.07, 6.45) is 37.4. The Balaban J connectivity index is 0.811. The molecule has 0 aromatic heterocycles. The number of esters is 2. The molecule has 6 fully saturated rings. The Morgan fingerprint density at radius 3 is 1.65 bits per heavy atom. The standard InChI is InChI=1S/C68H104N2O4/c1-41(2)16-13-18-43(5)54-25-27-56-52-23-21-48-38-50(29-33-65(48,9)58(52)31-35-67(54,56)11)73-63(71)60-45(7)70-46(8)61(62(60)47-20-15-37-69-40-47)64(72)74-51-30-34-66(10)49(39-51)22-24-53-57-28-26-55(44(6)19-14-17-42(3)4)68(57,12)36-32-59(53)66/h21-22,37,40-45,50-59,61H,13-20,23-36,38-39H2,1-12H3/t43-,44-,45?,50?,51?,52?,53?,54-,55-,56?,57?,58?,59?,61?,65+,66+,67-,68-/m1/s1. The number of carbonyl (C=O) groups is 2. The zero-order valence-corrected chi connectivity index (χ0v) is 49.0. The van der Waals surface area contributed by atoms with Gasteiger partial charge in [-0.1, -0.05) is 131 Å². The fourth-order valence-electron chi connectivity index (χ4n) is 20.6. The number of allylic oxidation sites excluding steroid dienone is 3. The van der Waals surface area contributed by atoms with E-state index in [1.54, 1.807) is 0 Å². The zero-order valence-electron chi connectivity index (χ0n) is 49.0. The van der Waals surface area contributed by atoms with E-state index in [0.717, 1.165) is 127 Å². The van der Waals surface area contributed by atoms with Crippen molar-refractivity contribution in [3.05, 3.63) is 46.2 Å². The number of hydrogen-bond acceptors (Lipinski definition) is 6. The van der Waals surface area contributed by atoms with E-state index in [9.17, 15) is 9.59 Å². The van der Waals surface area contributed by atoms with Gasteiger partial charge in [0.25, 0.3) is 0 Å². The Labute approximate surface area is 451 Å². The van der Waals surface area contributed by atoms with Crippen molar-refractivity contribution in [2.45, 2.75) is 255 Å². The summed E-state index contributed by atoms with van der Waals surface area (Å²) >= 11 is 0. The van der Waals surface area contributed by atoms with Crippen LogP contribution in [0.2, 0.25) is 0 Å². The Bertz CT molecular complexity index is 2300. The van der Waals surface area contributed by atoms with E-state index in [2.05, 4.69) is 86.4 Å². The molecule has 0 bridgehead atoms. The molecule has 6 nitrogen and oxygen atoms in total. The third kappa shape index (κ3) is 9.82. The second kappa shape index (κ2) is 21.5. The molecule has 410 valence electrons. The van der Waals surface area contributed by atoms with Crippen LogP contribution in [0, 0.1) is 98.6 Å². The summed E-state index contributed by atoms with van der Waals surface area (Å²) in [7, 11) is 0. The number of rotatable bonds is 15. The first-order valence-corrected chi connectivity index (χ1v) is 31.6. The van der Waals surface area contributed by atoms with Gasteiger partial charge in [-0.05, 0) is 220 Å². The summed E-state index contributed by atoms with van der Waals surface area (Å²) in [6.45, 7) is 29.2. The molecule has 0 aromatic carbocycles. The highest BCUT2D eigenvalue weighted by Gasteiger charge is 2.61. The second-order valence-corrected chi connectivity index (χ2v) is 29.4. The molecule has 0 saturated heterocycles. The lowest BCUT2D eigenvalue weighted by atomic mass is 9.47. The van der Waals surface area contributed by atoms with Crippen LogP contribution in [0.15, 0.2) is 56.2 Å². The van der Waals surface area contributed by atoms with Gasteiger partial charge in [-0.3, -0.25) is 14.8 Å². The second-order valence-electron chi connectivity index (χ2n) is 29.4. The molecule has 74 heavy (non-hydrogen) atoms. The molecule has 2 heterocycles. The van der Waals surface area contributed by atoms with Crippen molar-refractivity contribution >= 4 is 23.9 Å². The Morgan fingerprint density at radius 2 is 1.16 bits per heavy atom. The van der Waals surface area contributed by atoms with E-state index in [0.29, 0.717) is 28.2 Å². The monoisotopic (exact) mass is 1010 g/mol. The highest BCUT2D eigenvalue weighted by molar-refractivity contribution is 6.09. The third-order valence-electron chi connectivity index (χ3n) is 24.6. The number of nitrogens with zero attached hydrogens (tertiary/aromatic N) is 2. The van der Waals surface area contributed by atoms with Crippen molar-refractivity contribution in [2.24, 2.45) is 109 Å². The number of carbonyl (C=O) groups excluding carboxylic acids is 2. The van der Waals surface area contributed by atoms with Gasteiger partial charge in [0, 0.05) is 31.0 Å². The Kier molecular flexibility index (Phi) is 15.8. The molecule has 0 spiro atoms. The van der Waals surface area contributed by atoms with Gasteiger partial charge in [-0.2, -0.15) is 0 Å². The minimum absolute atomic E-state index is 0.173. The van der Waals surface area contributed by atoms with Crippen LogP contribution >= 0.6 is 0 Å². The van der Waals surface area contributed by atoms with Crippen molar-refractivity contribution in [2.75, 3.05) is 0 Å². The zero-order chi connectivity index (χ0) is 52.5. The van der Waals surface area contributed by atoms with Crippen LogP contribution in [0.25, 0.3) is 0 Å². The average molecular weight is 1010 g/mol. The quantitative estimate of drug-likeness (QED) is 0.121. The molecule has 10 unspecified atom stereocenters. The lowest BCUT2D eigenvalue weighted by molar-refractivity contribution is -0.153. The SMILES string of the molecule is CC1=NC(C)C(C(=O)OC2CC[C@@]3(C)C(=CCC4C3CC[C@@]3(C)C4CC[C@@H]3[C@H](C)CCCC(C)C)C2)=C(C2=CN=CCC2)C1C(=O)OC1CC[C@@]2(C)C(=CCC3C2CC[C@@]2(C)C3CC[C@@H]2[C@H](C)CCCC(C)C)C1. The molecule has 0 radical (unpaired) electrons. The lowest BCUT2D eigenvalue weighted by Crippen LogP contribution is -2.51. The van der Waals surface area contributed by atoms with Crippen molar-refractivity contribution in [3.63, 3.8) is 0 Å². The summed E-state index contributed by atoms with van der Waals surface area (Å²) in [6, 6.07) is -0.419. The molecule has 10 rings (SSSR count). The predicted molar refractivity (Wildman–Crippen MR) is 305 cm³/mol. The lowest BCUT2D eigenvalue weighted by Gasteiger charge is -2.58. The van der Waals surface area contributed by atoms with Crippen molar-refractivity contribution in [1.29, 1.82) is 0 Å². The van der Waals surface area contributed by atoms with E-state index in [-0.39, 0.29) is 35.0 Å². The molecule has 6 heteroatoms. The highest BCUT2D eigenvalue weighted by Crippen LogP contribution is 2.69. The molecule has 8 aliphatic carbocycles. The van der Waals surface area contributed by atoms with Crippen LogP contribution in [-0.4, -0.2) is 42.1 Å². The van der Waals surface area contributed by atoms with Crippen LogP contribution in [0.1, 0.15) is 237 Å². The molecular formula is C68H104N2O4. The molecule has 0 aromatic rings. The third-order valence-corrected chi connectivity index (χ3v) is 24.6. The fourth-order valence-corrected chi connectivity index (χ4v) is 20.6. The van der Waals surface area contributed by atoms with Gasteiger partial charge in [0.15, 0.2) is 0 Å². The van der Waals surface area contributed by atoms with E-state index < -0.39 is 12.0 Å². The smallest absolute Gasteiger partial charge is 0.336 e. The number of fused-ring (bicyclic) bond motifs is 10. The number of hydrogen-bond donors (Lipinski definition) is 0. The van der Waals surface area contributed by atoms with Crippen LogP contribution in [0.3, 0.4) is 0 Å². The van der Waals surface area contributed by atoms with Gasteiger partial charge in [-0.15, -0.1) is 0 Å². The number of aliphatic imine (C=N–C) groups is 2. The van der Waals surface area contributed by atoms with Gasteiger partial charge < -0.3 is 9.47 Å². The van der Waals surface area contributed by atoms with Crippen LogP contribution in [-0.2, 0) is 19.1 Å². The first-order chi connectivity index (χ1) is 35.3. The molecule has 0 amide bonds. The van der Waals surface area contributed by atoms with Crippen LogP contribution in [0.4, 0.5) is 0 Å². The highest BCUT2D eigenvalue weighted by atomic mass is 16.5.